The van der Waals surface area contributed by atoms with Gasteiger partial charge in [-0.25, -0.2) is 13.8 Å². The van der Waals surface area contributed by atoms with Crippen LogP contribution in [0.2, 0.25) is 0 Å². The third-order valence-corrected chi connectivity index (χ3v) is 5.94. The van der Waals surface area contributed by atoms with E-state index in [1.165, 1.54) is 0 Å². The van der Waals surface area contributed by atoms with Crippen molar-refractivity contribution in [2.24, 2.45) is 4.99 Å². The average Bonchev–Trinajstić information content (AvgIpc) is 3.17. The van der Waals surface area contributed by atoms with Gasteiger partial charge < -0.3 is 19.3 Å². The first-order chi connectivity index (χ1) is 16.5. The van der Waals surface area contributed by atoms with Crippen LogP contribution in [0.4, 0.5) is 14.5 Å². The minimum absolute atomic E-state index is 0.00941. The minimum atomic E-state index is -0.767. The second-order valence-electron chi connectivity index (χ2n) is 8.13. The number of rotatable bonds is 2. The molecule has 0 N–H and O–H groups in total. The number of nitrogens with zero attached hydrogens (tertiary/aromatic N) is 3. The number of halogens is 2. The van der Waals surface area contributed by atoms with Gasteiger partial charge >= 0.3 is 0 Å². The van der Waals surface area contributed by atoms with Crippen molar-refractivity contribution in [1.82, 2.24) is 9.80 Å². The molecule has 0 spiro atoms. The van der Waals surface area contributed by atoms with E-state index < -0.39 is 11.6 Å². The fourth-order valence-electron chi connectivity index (χ4n) is 4.31. The highest BCUT2D eigenvalue weighted by atomic mass is 19.1. The number of hydrogen-bond donors (Lipinski definition) is 0. The van der Waals surface area contributed by atoms with Crippen molar-refractivity contribution in [3.63, 3.8) is 0 Å². The van der Waals surface area contributed by atoms with Crippen LogP contribution in [-0.2, 0) is 0 Å². The monoisotopic (exact) mass is 463 g/mol. The molecule has 0 bridgehead atoms. The molecule has 6 nitrogen and oxygen atoms in total. The first-order valence-electron chi connectivity index (χ1n) is 11.1. The molecule has 0 atom stereocenters. The van der Waals surface area contributed by atoms with Crippen LogP contribution in [0.5, 0.6) is 17.2 Å². The lowest BCUT2D eigenvalue weighted by Gasteiger charge is -2.25. The standard InChI is InChI=1S/C26H23F2N3O3/c1-33-23-9-4-6-20-24(23)34-22-8-3-2-7-21(22)29-25(20)30-10-5-11-31(13-12-30)26(32)17-14-18(27)16-19(28)15-17/h2-4,6-9,14-16H,5,10-13H2,1H3. The van der Waals surface area contributed by atoms with Crippen LogP contribution in [0.25, 0.3) is 0 Å². The molecule has 0 aliphatic carbocycles. The summed E-state index contributed by atoms with van der Waals surface area (Å²) in [5.41, 5.74) is 1.50. The van der Waals surface area contributed by atoms with E-state index in [4.69, 9.17) is 14.5 Å². The number of carbonyl (C=O) groups is 1. The molecule has 2 heterocycles. The highest BCUT2D eigenvalue weighted by Gasteiger charge is 2.28. The van der Waals surface area contributed by atoms with Crippen LogP contribution in [0, 0.1) is 11.6 Å². The summed E-state index contributed by atoms with van der Waals surface area (Å²) in [6.07, 6.45) is 0.671. The van der Waals surface area contributed by atoms with Crippen LogP contribution in [-0.4, -0.2) is 54.8 Å². The van der Waals surface area contributed by atoms with Gasteiger partial charge in [0.05, 0.1) is 12.7 Å². The zero-order valence-electron chi connectivity index (χ0n) is 18.6. The Hall–Kier alpha value is -3.94. The molecule has 3 aromatic rings. The molecule has 2 aliphatic rings. The highest BCUT2D eigenvalue weighted by Crippen LogP contribution is 2.42. The van der Waals surface area contributed by atoms with Gasteiger partial charge in [0.15, 0.2) is 17.2 Å². The van der Waals surface area contributed by atoms with Crippen molar-refractivity contribution < 1.29 is 23.0 Å². The minimum Gasteiger partial charge on any atom is -0.493 e. The topological polar surface area (TPSA) is 54.4 Å². The zero-order valence-corrected chi connectivity index (χ0v) is 18.6. The molecule has 34 heavy (non-hydrogen) atoms. The van der Waals surface area contributed by atoms with Crippen molar-refractivity contribution in [3.8, 4) is 17.2 Å². The number of amides is 1. The van der Waals surface area contributed by atoms with Crippen LogP contribution in [0.1, 0.15) is 22.3 Å². The summed E-state index contributed by atoms with van der Waals surface area (Å²) < 4.78 is 39.1. The summed E-state index contributed by atoms with van der Waals surface area (Å²) in [6.45, 7) is 2.01. The van der Waals surface area contributed by atoms with Crippen molar-refractivity contribution >= 4 is 17.4 Å². The summed E-state index contributed by atoms with van der Waals surface area (Å²) in [7, 11) is 1.59. The molecule has 5 rings (SSSR count). The Kier molecular flexibility index (Phi) is 5.88. The van der Waals surface area contributed by atoms with E-state index in [0.29, 0.717) is 55.5 Å². The second-order valence-corrected chi connectivity index (χ2v) is 8.13. The molecule has 8 heteroatoms. The van der Waals surface area contributed by atoms with E-state index in [1.54, 1.807) is 12.0 Å². The van der Waals surface area contributed by atoms with Crippen LogP contribution in [0.15, 0.2) is 65.7 Å². The number of methoxy groups -OCH3 is 1. The number of aliphatic imine (C=N–C) groups is 1. The van der Waals surface area contributed by atoms with E-state index in [2.05, 4.69) is 4.90 Å². The highest BCUT2D eigenvalue weighted by molar-refractivity contribution is 6.04. The van der Waals surface area contributed by atoms with E-state index in [9.17, 15) is 13.6 Å². The maximum absolute atomic E-state index is 13.6. The van der Waals surface area contributed by atoms with Crippen molar-refractivity contribution in [3.05, 3.63) is 83.4 Å². The van der Waals surface area contributed by atoms with Gasteiger partial charge in [-0.05, 0) is 42.8 Å². The largest absolute Gasteiger partial charge is 0.493 e. The summed E-state index contributed by atoms with van der Waals surface area (Å²) in [4.78, 5) is 21.6. The van der Waals surface area contributed by atoms with Crippen molar-refractivity contribution in [1.29, 1.82) is 0 Å². The summed E-state index contributed by atoms with van der Waals surface area (Å²) in [5, 5.41) is 0. The van der Waals surface area contributed by atoms with E-state index >= 15 is 0 Å². The predicted molar refractivity (Wildman–Crippen MR) is 124 cm³/mol. The molecule has 0 saturated carbocycles. The summed E-state index contributed by atoms with van der Waals surface area (Å²) >= 11 is 0. The van der Waals surface area contributed by atoms with Gasteiger partial charge in [-0.15, -0.1) is 0 Å². The van der Waals surface area contributed by atoms with Gasteiger partial charge in [-0.1, -0.05) is 18.2 Å². The Morgan fingerprint density at radius 2 is 1.76 bits per heavy atom. The number of ether oxygens (including phenoxy) is 2. The first kappa shape index (κ1) is 21.9. The van der Waals surface area contributed by atoms with Gasteiger partial charge in [0.2, 0.25) is 0 Å². The van der Waals surface area contributed by atoms with Gasteiger partial charge in [-0.3, -0.25) is 4.79 Å². The molecular weight excluding hydrogens is 440 g/mol. The fraction of sp³-hybridized carbons (Fsp3) is 0.231. The molecule has 1 saturated heterocycles. The molecule has 0 aromatic heterocycles. The molecule has 3 aromatic carbocycles. The molecular formula is C26H23F2N3O3. The Morgan fingerprint density at radius 1 is 0.971 bits per heavy atom. The molecule has 1 fully saturated rings. The van der Waals surface area contributed by atoms with Crippen molar-refractivity contribution in [2.45, 2.75) is 6.42 Å². The lowest BCUT2D eigenvalue weighted by molar-refractivity contribution is 0.0763. The van der Waals surface area contributed by atoms with Crippen molar-refractivity contribution in [2.75, 3.05) is 33.3 Å². The van der Waals surface area contributed by atoms with Gasteiger partial charge in [0, 0.05) is 37.8 Å². The number of fused-ring (bicyclic) bond motifs is 2. The Morgan fingerprint density at radius 3 is 2.56 bits per heavy atom. The molecule has 2 aliphatic heterocycles. The fourth-order valence-corrected chi connectivity index (χ4v) is 4.31. The van der Waals surface area contributed by atoms with E-state index in [1.807, 2.05) is 42.5 Å². The summed E-state index contributed by atoms with van der Waals surface area (Å²) in [6, 6.07) is 16.1. The lowest BCUT2D eigenvalue weighted by Crippen LogP contribution is -2.37. The Labute approximate surface area is 196 Å². The number of benzene rings is 3. The molecule has 174 valence electrons. The van der Waals surface area contributed by atoms with E-state index in [0.717, 1.165) is 29.6 Å². The quantitative estimate of drug-likeness (QED) is 0.537. The Balaban J connectivity index is 1.46. The predicted octanol–water partition coefficient (Wildman–Crippen LogP) is 5.01. The van der Waals surface area contributed by atoms with E-state index in [-0.39, 0.29) is 11.5 Å². The van der Waals surface area contributed by atoms with Gasteiger partial charge in [-0.2, -0.15) is 0 Å². The van der Waals surface area contributed by atoms with Crippen LogP contribution < -0.4 is 9.47 Å². The smallest absolute Gasteiger partial charge is 0.254 e. The third-order valence-electron chi connectivity index (χ3n) is 5.94. The second kappa shape index (κ2) is 9.13. The maximum atomic E-state index is 13.6. The lowest BCUT2D eigenvalue weighted by atomic mass is 10.1. The van der Waals surface area contributed by atoms with Gasteiger partial charge in [0.1, 0.15) is 23.2 Å². The molecule has 0 radical (unpaired) electrons. The van der Waals surface area contributed by atoms with Gasteiger partial charge in [0.25, 0.3) is 5.91 Å². The zero-order chi connectivity index (χ0) is 23.7. The summed E-state index contributed by atoms with van der Waals surface area (Å²) in [5.74, 6) is 0.614. The first-order valence-corrected chi connectivity index (χ1v) is 11.1. The molecule has 1 amide bonds. The maximum Gasteiger partial charge on any atom is 0.254 e. The average molecular weight is 463 g/mol. The number of amidine groups is 1. The normalized spacial score (nSPS) is 15.3. The third kappa shape index (κ3) is 4.19. The number of hydrogen-bond acceptors (Lipinski definition) is 5. The van der Waals surface area contributed by atoms with Crippen LogP contribution in [0.3, 0.4) is 0 Å². The number of para-hydroxylation sites is 3. The molecule has 0 unspecified atom stereocenters. The Bertz CT molecular complexity index is 1260. The number of carbonyl (C=O) groups excluding carboxylic acids is 1. The van der Waals surface area contributed by atoms with Crippen LogP contribution >= 0.6 is 0 Å². The SMILES string of the molecule is COc1cccc2c1Oc1ccccc1N=C2N1CCCN(C(=O)c2cc(F)cc(F)c2)CC1.